The van der Waals surface area contributed by atoms with Crippen molar-refractivity contribution in [3.8, 4) is 11.3 Å². The number of aromatic nitrogens is 4. The van der Waals surface area contributed by atoms with Gasteiger partial charge in [0.05, 0.1) is 28.6 Å². The highest BCUT2D eigenvalue weighted by Gasteiger charge is 2.14. The lowest BCUT2D eigenvalue weighted by Crippen LogP contribution is -1.97. The van der Waals surface area contributed by atoms with Crippen molar-refractivity contribution >= 4 is 23.1 Å². The molecule has 0 atom stereocenters. The highest BCUT2D eigenvalue weighted by atomic mass is 35.5. The van der Waals surface area contributed by atoms with E-state index in [-0.39, 0.29) is 5.95 Å². The molecule has 5 nitrogen and oxygen atoms in total. The molecule has 3 rings (SSSR count). The Balaban J connectivity index is 2.32. The highest BCUT2D eigenvalue weighted by molar-refractivity contribution is 6.33. The van der Waals surface area contributed by atoms with Crippen molar-refractivity contribution < 1.29 is 0 Å². The molecule has 6 heteroatoms. The van der Waals surface area contributed by atoms with Gasteiger partial charge in [0.1, 0.15) is 0 Å². The van der Waals surface area contributed by atoms with Crippen molar-refractivity contribution in [2.75, 3.05) is 5.73 Å². The summed E-state index contributed by atoms with van der Waals surface area (Å²) < 4.78 is 1.87. The SMILES string of the molecule is Cc1ccc2c(-c3nc(N)ncc3Cl)cnn2c1C. The maximum absolute atomic E-state index is 6.14. The van der Waals surface area contributed by atoms with E-state index >= 15 is 0 Å². The molecule has 0 radical (unpaired) electrons. The number of nitrogens with zero attached hydrogens (tertiary/aromatic N) is 4. The van der Waals surface area contributed by atoms with E-state index in [9.17, 15) is 0 Å². The molecule has 0 saturated heterocycles. The predicted molar refractivity (Wildman–Crippen MR) is 75.1 cm³/mol. The topological polar surface area (TPSA) is 69.1 Å². The van der Waals surface area contributed by atoms with Gasteiger partial charge >= 0.3 is 0 Å². The molecule has 0 aliphatic carbocycles. The van der Waals surface area contributed by atoms with Gasteiger partial charge in [-0.05, 0) is 25.5 Å². The number of nitrogens with two attached hydrogens (primary N) is 1. The summed E-state index contributed by atoms with van der Waals surface area (Å²) in [6.45, 7) is 4.07. The summed E-state index contributed by atoms with van der Waals surface area (Å²) in [7, 11) is 0. The molecule has 19 heavy (non-hydrogen) atoms. The summed E-state index contributed by atoms with van der Waals surface area (Å²) in [5, 5.41) is 4.84. The molecule has 0 spiro atoms. The van der Waals surface area contributed by atoms with Crippen LogP contribution in [0.5, 0.6) is 0 Å². The van der Waals surface area contributed by atoms with Gasteiger partial charge in [0, 0.05) is 11.3 Å². The minimum absolute atomic E-state index is 0.197. The van der Waals surface area contributed by atoms with Gasteiger partial charge in [0.25, 0.3) is 0 Å². The van der Waals surface area contributed by atoms with Gasteiger partial charge < -0.3 is 5.73 Å². The van der Waals surface area contributed by atoms with E-state index in [1.54, 1.807) is 6.20 Å². The number of fused-ring (bicyclic) bond motifs is 1. The third-order valence-corrected chi connectivity index (χ3v) is 3.48. The summed E-state index contributed by atoms with van der Waals surface area (Å²) in [5.41, 5.74) is 10.3. The summed E-state index contributed by atoms with van der Waals surface area (Å²) >= 11 is 6.14. The summed E-state index contributed by atoms with van der Waals surface area (Å²) in [5.74, 6) is 0.197. The minimum atomic E-state index is 0.197. The fraction of sp³-hybridized carbons (Fsp3) is 0.154. The molecule has 2 N–H and O–H groups in total. The zero-order valence-electron chi connectivity index (χ0n) is 10.6. The first-order valence-electron chi connectivity index (χ1n) is 5.80. The number of nitrogen functional groups attached to an aromatic ring is 1. The lowest BCUT2D eigenvalue weighted by atomic mass is 10.1. The number of halogens is 1. The van der Waals surface area contributed by atoms with Crippen molar-refractivity contribution in [1.29, 1.82) is 0 Å². The Bertz CT molecular complexity index is 778. The van der Waals surface area contributed by atoms with Crippen molar-refractivity contribution in [1.82, 2.24) is 19.6 Å². The second-order valence-electron chi connectivity index (χ2n) is 4.38. The van der Waals surface area contributed by atoms with Crippen LogP contribution in [0.15, 0.2) is 24.5 Å². The second-order valence-corrected chi connectivity index (χ2v) is 4.79. The smallest absolute Gasteiger partial charge is 0.220 e. The molecule has 0 fully saturated rings. The van der Waals surface area contributed by atoms with Gasteiger partial charge in [-0.2, -0.15) is 5.10 Å². The molecule has 3 heterocycles. The number of aryl methyl sites for hydroxylation is 2. The van der Waals surface area contributed by atoms with Crippen LogP contribution in [0.4, 0.5) is 5.95 Å². The second kappa shape index (κ2) is 4.20. The van der Waals surface area contributed by atoms with Gasteiger partial charge in [-0.3, -0.25) is 0 Å². The Kier molecular flexibility index (Phi) is 2.64. The monoisotopic (exact) mass is 273 g/mol. The summed E-state index contributed by atoms with van der Waals surface area (Å²) in [6.07, 6.45) is 3.25. The Morgan fingerprint density at radius 3 is 2.79 bits per heavy atom. The minimum Gasteiger partial charge on any atom is -0.368 e. The van der Waals surface area contributed by atoms with Crippen LogP contribution in [0, 0.1) is 13.8 Å². The van der Waals surface area contributed by atoms with Crippen molar-refractivity contribution in [3.05, 3.63) is 40.8 Å². The molecule has 0 unspecified atom stereocenters. The van der Waals surface area contributed by atoms with Gasteiger partial charge in [-0.25, -0.2) is 14.5 Å². The summed E-state index contributed by atoms with van der Waals surface area (Å²) in [4.78, 5) is 8.07. The van der Waals surface area contributed by atoms with E-state index in [4.69, 9.17) is 17.3 Å². The van der Waals surface area contributed by atoms with Crippen molar-refractivity contribution in [2.45, 2.75) is 13.8 Å². The first kappa shape index (κ1) is 11.9. The predicted octanol–water partition coefficient (Wildman–Crippen LogP) is 2.64. The van der Waals surface area contributed by atoms with Crippen LogP contribution in [0.3, 0.4) is 0 Å². The highest BCUT2D eigenvalue weighted by Crippen LogP contribution is 2.30. The lowest BCUT2D eigenvalue weighted by Gasteiger charge is -2.05. The molecule has 0 amide bonds. The van der Waals surface area contributed by atoms with Crippen LogP contribution < -0.4 is 5.73 Å². The normalized spacial score (nSPS) is 11.1. The molecular weight excluding hydrogens is 262 g/mol. The zero-order valence-corrected chi connectivity index (χ0v) is 11.3. The third kappa shape index (κ3) is 1.82. The van der Waals surface area contributed by atoms with Gasteiger partial charge in [0.2, 0.25) is 5.95 Å². The first-order valence-corrected chi connectivity index (χ1v) is 6.18. The first-order chi connectivity index (χ1) is 9.08. The van der Waals surface area contributed by atoms with Crippen molar-refractivity contribution in [3.63, 3.8) is 0 Å². The van der Waals surface area contributed by atoms with Crippen LogP contribution in [0.25, 0.3) is 16.8 Å². The number of hydrogen-bond donors (Lipinski definition) is 1. The lowest BCUT2D eigenvalue weighted by molar-refractivity contribution is 0.902. The Morgan fingerprint density at radius 2 is 2.00 bits per heavy atom. The largest absolute Gasteiger partial charge is 0.368 e. The standard InChI is InChI=1S/C13H12ClN5/c1-7-3-4-11-9(5-17-19(11)8(7)2)12-10(14)6-16-13(15)18-12/h3-6H,1-2H3,(H2,15,16,18). The molecule has 0 bridgehead atoms. The molecule has 0 aliphatic rings. The van der Waals surface area contributed by atoms with Gasteiger partial charge in [0.15, 0.2) is 0 Å². The van der Waals surface area contributed by atoms with Crippen LogP contribution in [-0.2, 0) is 0 Å². The quantitative estimate of drug-likeness (QED) is 0.740. The van der Waals surface area contributed by atoms with Gasteiger partial charge in [-0.1, -0.05) is 17.7 Å². The fourth-order valence-corrected chi connectivity index (χ4v) is 2.22. The Hall–Kier alpha value is -2.14. The van der Waals surface area contributed by atoms with E-state index in [1.165, 1.54) is 11.8 Å². The average Bonchev–Trinajstić information content (AvgIpc) is 2.81. The molecular formula is C13H12ClN5. The Morgan fingerprint density at radius 1 is 1.21 bits per heavy atom. The van der Waals surface area contributed by atoms with Gasteiger partial charge in [-0.15, -0.1) is 0 Å². The van der Waals surface area contributed by atoms with E-state index in [2.05, 4.69) is 15.1 Å². The van der Waals surface area contributed by atoms with Crippen LogP contribution >= 0.6 is 11.6 Å². The maximum atomic E-state index is 6.14. The molecule has 0 aliphatic heterocycles. The van der Waals surface area contributed by atoms with Crippen molar-refractivity contribution in [2.24, 2.45) is 0 Å². The van der Waals surface area contributed by atoms with E-state index in [0.29, 0.717) is 10.7 Å². The summed E-state index contributed by atoms with van der Waals surface area (Å²) in [6, 6.07) is 4.05. The number of anilines is 1. The van der Waals surface area contributed by atoms with E-state index in [1.807, 2.05) is 30.5 Å². The molecule has 96 valence electrons. The maximum Gasteiger partial charge on any atom is 0.220 e. The van der Waals surface area contributed by atoms with E-state index < -0.39 is 0 Å². The van der Waals surface area contributed by atoms with Crippen LogP contribution in [0.1, 0.15) is 11.3 Å². The molecule has 0 saturated carbocycles. The molecule has 3 aromatic heterocycles. The Labute approximate surface area is 115 Å². The van der Waals surface area contributed by atoms with Crippen LogP contribution in [-0.4, -0.2) is 19.6 Å². The number of pyridine rings is 1. The fourth-order valence-electron chi connectivity index (χ4n) is 2.03. The zero-order chi connectivity index (χ0) is 13.6. The number of hydrogen-bond acceptors (Lipinski definition) is 4. The average molecular weight is 274 g/mol. The number of rotatable bonds is 1. The molecule has 3 aromatic rings. The molecule has 0 aromatic carbocycles. The third-order valence-electron chi connectivity index (χ3n) is 3.20. The van der Waals surface area contributed by atoms with Crippen LogP contribution in [0.2, 0.25) is 5.02 Å². The van der Waals surface area contributed by atoms with E-state index in [0.717, 1.165) is 16.8 Å².